The SMILES string of the molecule is Cc1ccccc1[C@@H]1CN([C@@H]2CCOc3c2ccc(F)c3F)CCN1C1CC2(CCN(c3ccc(C(=O)NS(=O)(=O)c4cc5c(c([N+](=O)[O-])c4)N[C@H](C4CCOCC4)CO5)c(N4c5cc6cc[nH]c6nc5O[C@H]5COCC[C@@H]54)c3)CC2)C1. The number of nitro groups is 1. The number of halogens is 2. The van der Waals surface area contributed by atoms with Gasteiger partial charge in [0.25, 0.3) is 21.6 Å². The molecule has 5 atom stereocenters. The average molecular weight is 1140 g/mol. The Morgan fingerprint density at radius 3 is 2.49 bits per heavy atom. The Balaban J connectivity index is 0.735. The summed E-state index contributed by atoms with van der Waals surface area (Å²) in [6, 6.07) is 22.9. The molecule has 3 N–H and O–H groups in total. The number of piperidine rings is 1. The van der Waals surface area contributed by atoms with Crippen LogP contribution in [0.3, 0.4) is 0 Å². The van der Waals surface area contributed by atoms with Gasteiger partial charge >= 0.3 is 0 Å². The number of aromatic nitrogens is 2. The number of ether oxygens (including phenoxy) is 5. The third-order valence-electron chi connectivity index (χ3n) is 19.0. The first-order valence-corrected chi connectivity index (χ1v) is 30.2. The van der Waals surface area contributed by atoms with E-state index < -0.39 is 49.2 Å². The molecule has 19 nitrogen and oxygen atoms in total. The third kappa shape index (κ3) is 9.43. The normalized spacial score (nSPS) is 24.8. The van der Waals surface area contributed by atoms with Gasteiger partial charge in [-0.2, -0.15) is 9.37 Å². The summed E-state index contributed by atoms with van der Waals surface area (Å²) in [5.74, 6) is -2.21. The summed E-state index contributed by atoms with van der Waals surface area (Å²) < 4.78 is 90.3. The predicted molar refractivity (Wildman–Crippen MR) is 301 cm³/mol. The lowest BCUT2D eigenvalue weighted by molar-refractivity contribution is -0.384. The number of carbonyl (C=O) groups is 1. The smallest absolute Gasteiger partial charge is 0.297 e. The molecule has 6 aromatic rings. The Bertz CT molecular complexity index is 3600. The molecule has 82 heavy (non-hydrogen) atoms. The number of nitro benzene ring substituents is 1. The van der Waals surface area contributed by atoms with Crippen LogP contribution in [-0.4, -0.2) is 136 Å². The second-order valence-electron chi connectivity index (χ2n) is 23.5. The molecule has 430 valence electrons. The van der Waals surface area contributed by atoms with Gasteiger partial charge < -0.3 is 43.8 Å². The minimum Gasteiger partial charge on any atom is -0.490 e. The van der Waals surface area contributed by atoms with Gasteiger partial charge in [0, 0.05) is 112 Å². The van der Waals surface area contributed by atoms with Gasteiger partial charge in [0.2, 0.25) is 11.7 Å². The zero-order chi connectivity index (χ0) is 56.0. The second kappa shape index (κ2) is 20.9. The number of H-pyrrole nitrogens is 1. The van der Waals surface area contributed by atoms with Crippen LogP contribution in [-0.2, 0) is 19.5 Å². The van der Waals surface area contributed by atoms with E-state index in [1.807, 2.05) is 24.3 Å². The van der Waals surface area contributed by atoms with Gasteiger partial charge in [0.1, 0.15) is 24.0 Å². The minimum atomic E-state index is -4.73. The summed E-state index contributed by atoms with van der Waals surface area (Å²) in [4.78, 5) is 44.0. The number of benzene rings is 4. The zero-order valence-electron chi connectivity index (χ0n) is 45.5. The first kappa shape index (κ1) is 52.9. The van der Waals surface area contributed by atoms with Crippen LogP contribution in [0.2, 0.25) is 0 Å². The van der Waals surface area contributed by atoms with Crippen molar-refractivity contribution in [2.24, 2.45) is 11.3 Å². The summed E-state index contributed by atoms with van der Waals surface area (Å²) in [6.07, 6.45) is 8.09. The number of carbonyl (C=O) groups excluding carboxylic acids is 1. The minimum absolute atomic E-state index is 0.0116. The van der Waals surface area contributed by atoms with Crippen LogP contribution in [0.15, 0.2) is 90.0 Å². The molecular formula is C60H65F2N9O10S. The molecule has 0 unspecified atom stereocenters. The molecule has 4 saturated heterocycles. The molecule has 14 rings (SSSR count). The van der Waals surface area contributed by atoms with E-state index in [9.17, 15) is 27.7 Å². The Kier molecular flexibility index (Phi) is 13.5. The second-order valence-corrected chi connectivity index (χ2v) is 25.2. The fourth-order valence-corrected chi connectivity index (χ4v) is 15.6. The first-order chi connectivity index (χ1) is 39.8. The molecule has 0 bridgehead atoms. The summed E-state index contributed by atoms with van der Waals surface area (Å²) in [5, 5.41) is 16.7. The molecule has 9 heterocycles. The fourth-order valence-electron chi connectivity index (χ4n) is 14.6. The number of amides is 1. The van der Waals surface area contributed by atoms with E-state index in [2.05, 4.69) is 65.8 Å². The first-order valence-electron chi connectivity index (χ1n) is 28.7. The van der Waals surface area contributed by atoms with E-state index in [4.69, 9.17) is 28.7 Å². The van der Waals surface area contributed by atoms with Crippen molar-refractivity contribution in [1.29, 1.82) is 0 Å². The monoisotopic (exact) mass is 1140 g/mol. The Labute approximate surface area is 473 Å². The van der Waals surface area contributed by atoms with Crippen molar-refractivity contribution in [3.63, 3.8) is 0 Å². The van der Waals surface area contributed by atoms with Crippen LogP contribution in [0, 0.1) is 40.0 Å². The lowest BCUT2D eigenvalue weighted by atomic mass is 9.59. The third-order valence-corrected chi connectivity index (χ3v) is 20.3. The molecule has 4 aromatic carbocycles. The van der Waals surface area contributed by atoms with E-state index in [1.165, 1.54) is 23.3 Å². The average Bonchev–Trinajstić information content (AvgIpc) is 3.60. The van der Waals surface area contributed by atoms with Gasteiger partial charge in [-0.15, -0.1) is 0 Å². The van der Waals surface area contributed by atoms with Crippen LogP contribution in [0.1, 0.15) is 90.5 Å². The highest BCUT2D eigenvalue weighted by Crippen LogP contribution is 2.55. The Morgan fingerprint density at radius 1 is 0.854 bits per heavy atom. The van der Waals surface area contributed by atoms with Crippen molar-refractivity contribution in [2.75, 3.05) is 87.5 Å². The number of aryl methyl sites for hydroxylation is 1. The quantitative estimate of drug-likeness (QED) is 0.0864. The molecule has 1 aliphatic carbocycles. The van der Waals surface area contributed by atoms with Crippen molar-refractivity contribution >= 4 is 55.4 Å². The van der Waals surface area contributed by atoms with Gasteiger partial charge in [-0.3, -0.25) is 24.7 Å². The van der Waals surface area contributed by atoms with E-state index in [1.54, 1.807) is 18.3 Å². The highest BCUT2D eigenvalue weighted by molar-refractivity contribution is 7.90. The molecule has 22 heteroatoms. The van der Waals surface area contributed by atoms with Gasteiger partial charge in [-0.1, -0.05) is 30.3 Å². The number of pyridine rings is 1. The van der Waals surface area contributed by atoms with Crippen LogP contribution in [0.4, 0.5) is 37.2 Å². The molecule has 7 aliphatic heterocycles. The standard InChI is InChI=1S/C60H65F2N9O10S/c1-35-4-2-3-5-41(35)51-32-68(46-14-25-79-56-42(46)8-9-44(61)54(56)62)20-21-69(51)39-30-60(31-39)15-18-67(19-16-60)38-6-7-43(48(27-38)70-47-13-24-78-34-53(47)81-59-50(70)26-37-10-17-63-57(37)65-59)58(72)66-82(75,76)40-28-49(71(73)74)55-52(29-40)80-33-45(64-55)36-11-22-77-23-12-36/h2-10,17,26-29,36,39,45-47,51,53,64H,11-16,18-25,30-34H2,1H3,(H,63,65)(H,66,72)/t45-,46+,47-,51-,53-/m0/s1. The van der Waals surface area contributed by atoms with Crippen LogP contribution >= 0.6 is 0 Å². The predicted octanol–water partition coefficient (Wildman–Crippen LogP) is 9.10. The van der Waals surface area contributed by atoms with Crippen molar-refractivity contribution in [3.05, 3.63) is 129 Å². The Hall–Kier alpha value is -7.11. The van der Waals surface area contributed by atoms with Crippen LogP contribution in [0.25, 0.3) is 11.0 Å². The van der Waals surface area contributed by atoms with Crippen molar-refractivity contribution in [2.45, 2.75) is 99.5 Å². The number of anilines is 4. The summed E-state index contributed by atoms with van der Waals surface area (Å²) >= 11 is 0. The van der Waals surface area contributed by atoms with Crippen molar-refractivity contribution in [3.8, 4) is 17.4 Å². The molecule has 2 aromatic heterocycles. The van der Waals surface area contributed by atoms with E-state index >= 15 is 4.39 Å². The zero-order valence-corrected chi connectivity index (χ0v) is 46.3. The summed E-state index contributed by atoms with van der Waals surface area (Å²) in [6.45, 7) is 8.42. The molecule has 1 saturated carbocycles. The van der Waals surface area contributed by atoms with E-state index in [0.717, 1.165) is 88.4 Å². The van der Waals surface area contributed by atoms with E-state index in [-0.39, 0.29) is 71.5 Å². The number of piperazine rings is 1. The Morgan fingerprint density at radius 2 is 1.67 bits per heavy atom. The summed E-state index contributed by atoms with van der Waals surface area (Å²) in [7, 11) is -4.73. The van der Waals surface area contributed by atoms with Crippen LogP contribution in [0.5, 0.6) is 17.4 Å². The molecular weight excluding hydrogens is 1080 g/mol. The van der Waals surface area contributed by atoms with Gasteiger partial charge in [0.15, 0.2) is 23.0 Å². The number of sulfonamides is 1. The number of rotatable bonds is 10. The number of aromatic amines is 1. The fraction of sp³-hybridized carbons (Fsp3) is 0.467. The lowest BCUT2D eigenvalue weighted by Gasteiger charge is -2.59. The maximum absolute atomic E-state index is 15.0. The topological polar surface area (TPSA) is 206 Å². The maximum Gasteiger partial charge on any atom is 0.297 e. The van der Waals surface area contributed by atoms with Gasteiger partial charge in [-0.25, -0.2) is 17.5 Å². The molecule has 0 radical (unpaired) electrons. The van der Waals surface area contributed by atoms with Gasteiger partial charge in [0.05, 0.1) is 46.4 Å². The maximum atomic E-state index is 15.0. The number of nitrogens with zero attached hydrogens (tertiary/aromatic N) is 6. The van der Waals surface area contributed by atoms with E-state index in [0.29, 0.717) is 73.8 Å². The number of hydrogen-bond acceptors (Lipinski definition) is 16. The lowest BCUT2D eigenvalue weighted by Crippen LogP contribution is -2.60. The highest BCUT2D eigenvalue weighted by Gasteiger charge is 2.51. The molecule has 8 aliphatic rings. The number of hydrogen-bond donors (Lipinski definition) is 3. The van der Waals surface area contributed by atoms with Crippen LogP contribution < -0.4 is 34.0 Å². The molecule has 5 fully saturated rings. The largest absolute Gasteiger partial charge is 0.490 e. The highest BCUT2D eigenvalue weighted by atomic mass is 32.2. The number of fused-ring (bicyclic) bond motifs is 5. The molecule has 1 amide bonds. The van der Waals surface area contributed by atoms with Gasteiger partial charge in [-0.05, 0) is 111 Å². The number of nitrogens with one attached hydrogen (secondary N) is 3. The van der Waals surface area contributed by atoms with Crippen molar-refractivity contribution < 1.29 is 50.6 Å². The summed E-state index contributed by atoms with van der Waals surface area (Å²) in [5.41, 5.74) is 5.60. The van der Waals surface area contributed by atoms with Crippen molar-refractivity contribution in [1.82, 2.24) is 24.5 Å². The molecule has 1 spiro atoms.